The summed E-state index contributed by atoms with van der Waals surface area (Å²) in [5.41, 5.74) is 1.25. The number of halogens is 1. The fourth-order valence-corrected chi connectivity index (χ4v) is 3.76. The average molecular weight is 302 g/mol. The Kier molecular flexibility index (Phi) is 3.29. The topological polar surface area (TPSA) is 50.1 Å². The van der Waals surface area contributed by atoms with Gasteiger partial charge in [-0.05, 0) is 12.8 Å². The Balaban J connectivity index is 1.48. The molecule has 22 heavy (non-hydrogen) atoms. The molecule has 6 nitrogen and oxygen atoms in total. The van der Waals surface area contributed by atoms with Gasteiger partial charge in [-0.15, -0.1) is 0 Å². The maximum absolute atomic E-state index is 13.0. The first kappa shape index (κ1) is 13.6. The summed E-state index contributed by atoms with van der Waals surface area (Å²) in [6.07, 6.45) is 8.71. The van der Waals surface area contributed by atoms with Gasteiger partial charge in [-0.25, -0.2) is 14.4 Å². The average Bonchev–Trinajstić information content (AvgIpc) is 3.19. The monoisotopic (exact) mass is 302 g/mol. The van der Waals surface area contributed by atoms with E-state index in [9.17, 15) is 4.39 Å². The van der Waals surface area contributed by atoms with Crippen molar-refractivity contribution in [3.05, 3.63) is 36.2 Å². The van der Waals surface area contributed by atoms with E-state index >= 15 is 0 Å². The van der Waals surface area contributed by atoms with Crippen molar-refractivity contribution in [3.63, 3.8) is 0 Å². The summed E-state index contributed by atoms with van der Waals surface area (Å²) >= 11 is 0. The van der Waals surface area contributed by atoms with Crippen molar-refractivity contribution in [1.82, 2.24) is 24.6 Å². The van der Waals surface area contributed by atoms with Gasteiger partial charge in [0.05, 0.1) is 18.6 Å². The second kappa shape index (κ2) is 5.31. The first-order valence-electron chi connectivity index (χ1n) is 7.66. The van der Waals surface area contributed by atoms with Crippen LogP contribution in [0.25, 0.3) is 0 Å². The summed E-state index contributed by atoms with van der Waals surface area (Å²) in [6.45, 7) is 2.94. The zero-order valence-electron chi connectivity index (χ0n) is 12.6. The molecule has 2 saturated heterocycles. The van der Waals surface area contributed by atoms with Crippen molar-refractivity contribution in [3.8, 4) is 0 Å². The second-order valence-electron chi connectivity index (χ2n) is 6.10. The minimum absolute atomic E-state index is 0.385. The zero-order chi connectivity index (χ0) is 15.1. The van der Waals surface area contributed by atoms with Crippen LogP contribution in [-0.2, 0) is 13.6 Å². The molecule has 2 aromatic rings. The van der Waals surface area contributed by atoms with Gasteiger partial charge in [0, 0.05) is 50.5 Å². The van der Waals surface area contributed by atoms with Crippen molar-refractivity contribution < 1.29 is 4.39 Å². The van der Waals surface area contributed by atoms with E-state index in [-0.39, 0.29) is 5.82 Å². The van der Waals surface area contributed by atoms with Crippen LogP contribution in [0.15, 0.2) is 24.8 Å². The van der Waals surface area contributed by atoms with Gasteiger partial charge in [0.1, 0.15) is 0 Å². The predicted octanol–water partition coefficient (Wildman–Crippen LogP) is 1.20. The van der Waals surface area contributed by atoms with Crippen LogP contribution in [0.5, 0.6) is 0 Å². The van der Waals surface area contributed by atoms with Crippen molar-refractivity contribution in [2.45, 2.75) is 31.5 Å². The van der Waals surface area contributed by atoms with Crippen molar-refractivity contribution in [1.29, 1.82) is 0 Å². The maximum Gasteiger partial charge on any atom is 0.225 e. The highest BCUT2D eigenvalue weighted by atomic mass is 19.1. The van der Waals surface area contributed by atoms with Gasteiger partial charge in [0.25, 0.3) is 0 Å². The number of anilines is 1. The largest absolute Gasteiger partial charge is 0.336 e. The molecule has 0 aromatic carbocycles. The number of fused-ring (bicyclic) bond motifs is 1. The smallest absolute Gasteiger partial charge is 0.225 e. The molecule has 0 bridgehead atoms. The highest BCUT2D eigenvalue weighted by Crippen LogP contribution is 2.34. The number of hydrogen-bond acceptors (Lipinski definition) is 5. The van der Waals surface area contributed by atoms with Gasteiger partial charge < -0.3 is 4.90 Å². The molecule has 7 heteroatoms. The highest BCUT2D eigenvalue weighted by molar-refractivity contribution is 5.35. The lowest BCUT2D eigenvalue weighted by Gasteiger charge is -2.25. The van der Waals surface area contributed by atoms with Crippen molar-refractivity contribution >= 4 is 5.95 Å². The molecular formula is C15H19FN6. The molecule has 2 aliphatic rings. The summed E-state index contributed by atoms with van der Waals surface area (Å²) in [5, 5.41) is 4.24. The lowest BCUT2D eigenvalue weighted by atomic mass is 10.1. The normalized spacial score (nSPS) is 24.9. The second-order valence-corrected chi connectivity index (χ2v) is 6.10. The molecule has 4 rings (SSSR count). The van der Waals surface area contributed by atoms with Gasteiger partial charge >= 0.3 is 0 Å². The molecule has 0 N–H and O–H groups in total. The van der Waals surface area contributed by atoms with E-state index in [0.29, 0.717) is 18.0 Å². The van der Waals surface area contributed by atoms with E-state index < -0.39 is 0 Å². The number of nitrogens with zero attached hydrogens (tertiary/aromatic N) is 6. The van der Waals surface area contributed by atoms with Crippen LogP contribution in [-0.4, -0.2) is 49.8 Å². The Morgan fingerprint density at radius 2 is 1.91 bits per heavy atom. The predicted molar refractivity (Wildman–Crippen MR) is 79.8 cm³/mol. The summed E-state index contributed by atoms with van der Waals surface area (Å²) in [4.78, 5) is 13.0. The molecule has 2 aliphatic heterocycles. The molecule has 0 amide bonds. The van der Waals surface area contributed by atoms with Crippen LogP contribution in [0, 0.1) is 5.82 Å². The van der Waals surface area contributed by atoms with Crippen LogP contribution in [0.2, 0.25) is 0 Å². The molecule has 2 atom stereocenters. The Morgan fingerprint density at radius 3 is 2.64 bits per heavy atom. The van der Waals surface area contributed by atoms with E-state index in [1.54, 1.807) is 0 Å². The minimum atomic E-state index is -0.385. The van der Waals surface area contributed by atoms with Crippen LogP contribution in [0.3, 0.4) is 0 Å². The van der Waals surface area contributed by atoms with E-state index in [1.165, 1.54) is 18.0 Å². The fraction of sp³-hybridized carbons (Fsp3) is 0.533. The molecule has 0 spiro atoms. The summed E-state index contributed by atoms with van der Waals surface area (Å²) in [6, 6.07) is 0.955. The minimum Gasteiger partial charge on any atom is -0.336 e. The number of rotatable bonds is 3. The fourth-order valence-electron chi connectivity index (χ4n) is 3.76. The van der Waals surface area contributed by atoms with Gasteiger partial charge in [-0.2, -0.15) is 5.10 Å². The Labute approximate surface area is 128 Å². The standard InChI is InChI=1S/C15H19FN6/c1-20-9-11(6-19-20)10-21-4-2-14-13(21)3-5-22(14)15-17-7-12(16)8-18-15/h6-9,13-14H,2-5,10H2,1H3/t13-,14+/m0/s1. The lowest BCUT2D eigenvalue weighted by Crippen LogP contribution is -2.37. The molecule has 2 aromatic heterocycles. The number of aromatic nitrogens is 4. The first-order chi connectivity index (χ1) is 10.7. The van der Waals surface area contributed by atoms with Crippen LogP contribution in [0.1, 0.15) is 18.4 Å². The molecular weight excluding hydrogens is 283 g/mol. The number of likely N-dealkylation sites (tertiary alicyclic amines) is 1. The SMILES string of the molecule is Cn1cc(CN2CC[C@@H]3[C@@H]2CCN3c2ncc(F)cn2)cn1. The molecule has 0 unspecified atom stereocenters. The van der Waals surface area contributed by atoms with Gasteiger partial charge in [-0.1, -0.05) is 0 Å². The van der Waals surface area contributed by atoms with Crippen LogP contribution >= 0.6 is 0 Å². The third kappa shape index (κ3) is 2.35. The third-order valence-electron chi connectivity index (χ3n) is 4.70. The summed E-state index contributed by atoms with van der Waals surface area (Å²) in [7, 11) is 1.94. The lowest BCUT2D eigenvalue weighted by molar-refractivity contribution is 0.246. The quantitative estimate of drug-likeness (QED) is 0.853. The molecule has 2 fully saturated rings. The maximum atomic E-state index is 13.0. The van der Waals surface area contributed by atoms with E-state index in [2.05, 4.69) is 31.1 Å². The molecule has 116 valence electrons. The molecule has 4 heterocycles. The number of aryl methyl sites for hydroxylation is 1. The highest BCUT2D eigenvalue weighted by Gasteiger charge is 2.43. The Morgan fingerprint density at radius 1 is 1.14 bits per heavy atom. The molecule has 0 aliphatic carbocycles. The first-order valence-corrected chi connectivity index (χ1v) is 7.66. The van der Waals surface area contributed by atoms with E-state index in [0.717, 1.165) is 32.5 Å². The van der Waals surface area contributed by atoms with Gasteiger partial charge in [0.15, 0.2) is 5.82 Å². The Hall–Kier alpha value is -2.02. The Bertz CT molecular complexity index is 654. The van der Waals surface area contributed by atoms with Crippen LogP contribution < -0.4 is 4.90 Å². The van der Waals surface area contributed by atoms with Gasteiger partial charge in [0.2, 0.25) is 5.95 Å². The van der Waals surface area contributed by atoms with Gasteiger partial charge in [-0.3, -0.25) is 9.58 Å². The van der Waals surface area contributed by atoms with Crippen LogP contribution in [0.4, 0.5) is 10.3 Å². The van der Waals surface area contributed by atoms with E-state index in [1.807, 2.05) is 17.9 Å². The van der Waals surface area contributed by atoms with E-state index in [4.69, 9.17) is 0 Å². The summed E-state index contributed by atoms with van der Waals surface area (Å²) in [5.74, 6) is 0.265. The molecule has 0 radical (unpaired) electrons. The molecule has 0 saturated carbocycles. The number of hydrogen-bond donors (Lipinski definition) is 0. The third-order valence-corrected chi connectivity index (χ3v) is 4.70. The zero-order valence-corrected chi connectivity index (χ0v) is 12.6. The summed E-state index contributed by atoms with van der Waals surface area (Å²) < 4.78 is 14.8. The van der Waals surface area contributed by atoms with Crippen molar-refractivity contribution in [2.24, 2.45) is 7.05 Å². The van der Waals surface area contributed by atoms with Crippen molar-refractivity contribution in [2.75, 3.05) is 18.0 Å².